The van der Waals surface area contributed by atoms with Gasteiger partial charge in [-0.1, -0.05) is 19.1 Å². The molecule has 1 aromatic carbocycles. The van der Waals surface area contributed by atoms with Crippen LogP contribution in [-0.4, -0.2) is 77.2 Å². The molecule has 0 aromatic heterocycles. The minimum atomic E-state index is -3.99. The third kappa shape index (κ3) is 7.89. The molecule has 0 bridgehead atoms. The maximum absolute atomic E-state index is 13.5. The number of nitrogens with one attached hydrogen (secondary N) is 2. The van der Waals surface area contributed by atoms with E-state index in [1.54, 1.807) is 17.0 Å². The Bertz CT molecular complexity index is 994. The molecule has 3 rings (SSSR count). The Morgan fingerprint density at radius 3 is 2.69 bits per heavy atom. The van der Waals surface area contributed by atoms with Gasteiger partial charge in [0.25, 0.3) is 0 Å². The van der Waals surface area contributed by atoms with Crippen molar-refractivity contribution in [3.8, 4) is 0 Å². The number of nitrogens with two attached hydrogens (primary N) is 1. The van der Waals surface area contributed by atoms with Gasteiger partial charge in [0.1, 0.15) is 10.9 Å². The van der Waals surface area contributed by atoms with Crippen LogP contribution >= 0.6 is 0 Å². The van der Waals surface area contributed by atoms with Gasteiger partial charge in [0, 0.05) is 33.2 Å². The lowest BCUT2D eigenvalue weighted by Gasteiger charge is -2.34. The number of carbonyl (C=O) groups is 2. The van der Waals surface area contributed by atoms with Gasteiger partial charge in [-0.3, -0.25) is 9.59 Å². The highest BCUT2D eigenvalue weighted by molar-refractivity contribution is 7.89. The zero-order chi connectivity index (χ0) is 26.1. The van der Waals surface area contributed by atoms with Gasteiger partial charge < -0.3 is 25.4 Å². The molecule has 0 spiro atoms. The molecule has 11 heteroatoms. The summed E-state index contributed by atoms with van der Waals surface area (Å²) in [6.07, 6.45) is 3.71. The number of rotatable bonds is 12. The van der Waals surface area contributed by atoms with Crippen molar-refractivity contribution in [2.45, 2.75) is 56.9 Å². The van der Waals surface area contributed by atoms with Crippen molar-refractivity contribution in [1.82, 2.24) is 9.62 Å². The fourth-order valence-corrected chi connectivity index (χ4v) is 6.12. The van der Waals surface area contributed by atoms with Gasteiger partial charge in [0.05, 0.1) is 18.9 Å². The highest BCUT2D eigenvalue weighted by atomic mass is 32.2. The summed E-state index contributed by atoms with van der Waals surface area (Å²) in [5.41, 5.74) is 7.09. The van der Waals surface area contributed by atoms with Crippen molar-refractivity contribution >= 4 is 27.6 Å². The summed E-state index contributed by atoms with van der Waals surface area (Å²) in [7, 11) is -3.99. The molecule has 2 aliphatic rings. The van der Waals surface area contributed by atoms with E-state index in [4.69, 9.17) is 15.2 Å². The average Bonchev–Trinajstić information content (AvgIpc) is 2.85. The van der Waals surface area contributed by atoms with Gasteiger partial charge >= 0.3 is 5.97 Å². The van der Waals surface area contributed by atoms with Crippen LogP contribution < -0.4 is 15.8 Å². The average molecular weight is 525 g/mol. The number of ether oxygens (including phenoxy) is 2. The van der Waals surface area contributed by atoms with E-state index in [2.05, 4.69) is 17.0 Å². The topological polar surface area (TPSA) is 140 Å². The Morgan fingerprint density at radius 1 is 1.25 bits per heavy atom. The van der Waals surface area contributed by atoms with Crippen LogP contribution in [0.25, 0.3) is 0 Å². The summed E-state index contributed by atoms with van der Waals surface area (Å²) in [5.74, 6) is 0.173. The molecule has 202 valence electrons. The Labute approximate surface area is 214 Å². The number of anilines is 1. The third-order valence-corrected chi connectivity index (χ3v) is 8.24. The zero-order valence-electron chi connectivity index (χ0n) is 21.3. The number of amides is 1. The highest BCUT2D eigenvalue weighted by Gasteiger charge is 2.33. The number of hydrogen-bond acceptors (Lipinski definition) is 8. The second-order valence-corrected chi connectivity index (χ2v) is 11.5. The predicted molar refractivity (Wildman–Crippen MR) is 137 cm³/mol. The maximum atomic E-state index is 13.5. The van der Waals surface area contributed by atoms with Crippen molar-refractivity contribution in [2.24, 2.45) is 17.6 Å². The molecule has 1 amide bonds. The minimum absolute atomic E-state index is 0.0655. The molecule has 1 aromatic rings. The van der Waals surface area contributed by atoms with Crippen molar-refractivity contribution in [1.29, 1.82) is 0 Å². The molecular weight excluding hydrogens is 484 g/mol. The number of esters is 1. The summed E-state index contributed by atoms with van der Waals surface area (Å²) in [5, 5.41) is 3.25. The van der Waals surface area contributed by atoms with Crippen molar-refractivity contribution in [2.75, 3.05) is 51.3 Å². The first-order chi connectivity index (χ1) is 17.2. The van der Waals surface area contributed by atoms with Crippen LogP contribution in [-0.2, 0) is 35.5 Å². The fourth-order valence-electron chi connectivity index (χ4n) is 4.72. The lowest BCUT2D eigenvalue weighted by atomic mass is 9.93. The van der Waals surface area contributed by atoms with E-state index in [9.17, 15) is 18.0 Å². The first-order valence-corrected chi connectivity index (χ1v) is 14.3. The number of nitrogens with zero attached hydrogens (tertiary/aromatic N) is 1. The number of benzene rings is 1. The van der Waals surface area contributed by atoms with Gasteiger partial charge in [-0.15, -0.1) is 0 Å². The summed E-state index contributed by atoms with van der Waals surface area (Å²) in [4.78, 5) is 26.3. The minimum Gasteiger partial charge on any atom is -0.466 e. The molecule has 2 aliphatic heterocycles. The number of carbonyl (C=O) groups excluding carboxylic acids is 2. The van der Waals surface area contributed by atoms with Crippen LogP contribution in [0.2, 0.25) is 0 Å². The Kier molecular flexibility index (Phi) is 10.5. The molecule has 0 radical (unpaired) electrons. The van der Waals surface area contributed by atoms with E-state index in [-0.39, 0.29) is 23.4 Å². The molecule has 1 fully saturated rings. The first kappa shape index (κ1) is 28.4. The molecule has 1 unspecified atom stereocenters. The van der Waals surface area contributed by atoms with Crippen molar-refractivity contribution < 1.29 is 27.5 Å². The molecule has 36 heavy (non-hydrogen) atoms. The second-order valence-electron chi connectivity index (χ2n) is 9.77. The lowest BCUT2D eigenvalue weighted by Crippen LogP contribution is -2.52. The number of likely N-dealkylation sites (tertiary alicyclic amines) is 1. The van der Waals surface area contributed by atoms with E-state index in [0.29, 0.717) is 63.3 Å². The van der Waals surface area contributed by atoms with Crippen LogP contribution in [0.5, 0.6) is 0 Å². The highest BCUT2D eigenvalue weighted by Crippen LogP contribution is 2.31. The summed E-state index contributed by atoms with van der Waals surface area (Å²) in [6.45, 7) is 6.34. The second kappa shape index (κ2) is 13.4. The monoisotopic (exact) mass is 524 g/mol. The van der Waals surface area contributed by atoms with Crippen molar-refractivity contribution in [3.63, 3.8) is 0 Å². The third-order valence-electron chi connectivity index (χ3n) is 6.73. The summed E-state index contributed by atoms with van der Waals surface area (Å²) < 4.78 is 40.2. The summed E-state index contributed by atoms with van der Waals surface area (Å²) in [6, 6.07) is 4.20. The quantitative estimate of drug-likeness (QED) is 0.276. The number of fused-ring (bicyclic) bond motifs is 1. The lowest BCUT2D eigenvalue weighted by molar-refractivity contribution is -0.141. The molecule has 1 saturated heterocycles. The number of sulfonamides is 1. The van der Waals surface area contributed by atoms with E-state index in [0.717, 1.165) is 31.2 Å². The molecule has 0 saturated carbocycles. The van der Waals surface area contributed by atoms with Crippen LogP contribution in [0, 0.1) is 11.8 Å². The molecule has 0 aliphatic carbocycles. The van der Waals surface area contributed by atoms with E-state index in [1.165, 1.54) is 6.92 Å². The van der Waals surface area contributed by atoms with E-state index >= 15 is 0 Å². The smallest absolute Gasteiger partial charge is 0.302 e. The van der Waals surface area contributed by atoms with E-state index in [1.807, 2.05) is 6.07 Å². The fraction of sp³-hybridized carbons (Fsp3) is 0.680. The summed E-state index contributed by atoms with van der Waals surface area (Å²) >= 11 is 0. The Hall–Kier alpha value is -2.21. The maximum Gasteiger partial charge on any atom is 0.302 e. The molecule has 2 heterocycles. The number of hydrogen-bond donors (Lipinski definition) is 3. The van der Waals surface area contributed by atoms with Crippen LogP contribution in [0.4, 0.5) is 5.69 Å². The first-order valence-electron chi connectivity index (χ1n) is 12.8. The van der Waals surface area contributed by atoms with Crippen LogP contribution in [0.3, 0.4) is 0 Å². The largest absolute Gasteiger partial charge is 0.466 e. The van der Waals surface area contributed by atoms with Gasteiger partial charge in [0.15, 0.2) is 0 Å². The molecular formula is C25H40N4O6S. The molecule has 10 nitrogen and oxygen atoms in total. The number of piperidine rings is 1. The Morgan fingerprint density at radius 2 is 2.00 bits per heavy atom. The SMILES string of the molecule is CC(=O)OCCC1CCN(C(=O)[C@H](COCCCN)NS(=O)(=O)c2cccc3c2NCC(C)C3)CC1. The number of para-hydroxylation sites is 1. The predicted octanol–water partition coefficient (Wildman–Crippen LogP) is 1.49. The van der Waals surface area contributed by atoms with E-state index < -0.39 is 16.1 Å². The molecule has 4 N–H and O–H groups in total. The van der Waals surface area contributed by atoms with Gasteiger partial charge in [0.2, 0.25) is 15.9 Å². The normalized spacial score (nSPS) is 19.3. The Balaban J connectivity index is 1.69. The zero-order valence-corrected chi connectivity index (χ0v) is 22.1. The van der Waals surface area contributed by atoms with Gasteiger partial charge in [-0.25, -0.2) is 8.42 Å². The van der Waals surface area contributed by atoms with Gasteiger partial charge in [-0.2, -0.15) is 4.72 Å². The van der Waals surface area contributed by atoms with Crippen molar-refractivity contribution in [3.05, 3.63) is 23.8 Å². The van der Waals surface area contributed by atoms with Crippen LogP contribution in [0.1, 0.15) is 45.1 Å². The van der Waals surface area contributed by atoms with Crippen LogP contribution in [0.15, 0.2) is 23.1 Å². The molecule has 2 atom stereocenters. The standard InChI is InChI=1S/C25H40N4O6S/c1-18-15-21-5-3-6-23(24(21)27-16-18)36(32,33)28-22(17-34-13-4-10-26)25(31)29-11-7-20(8-12-29)9-14-35-19(2)30/h3,5-6,18,20,22,27-28H,4,7-17,26H2,1-2H3/t18?,22-/m0/s1. The van der Waals surface area contributed by atoms with Gasteiger partial charge in [-0.05, 0) is 62.1 Å².